The zero-order chi connectivity index (χ0) is 47.1. The normalized spacial score (nSPS) is 42.5. The summed E-state index contributed by atoms with van der Waals surface area (Å²) < 4.78 is 53.1. The summed E-state index contributed by atoms with van der Waals surface area (Å²) in [5, 5.41) is -0.745. The molecule has 2 heterocycles. The molecule has 0 saturated heterocycles. The molecule has 0 aromatic carbocycles. The van der Waals surface area contributed by atoms with Gasteiger partial charge in [-0.2, -0.15) is 0 Å². The van der Waals surface area contributed by atoms with Gasteiger partial charge in [0.25, 0.3) is 0 Å². The Labute approximate surface area is 400 Å². The molecular weight excluding hydrogens is 857 g/mol. The fourth-order valence-electron chi connectivity index (χ4n) is 16.3. The van der Waals surface area contributed by atoms with E-state index in [1.54, 1.807) is 0 Å². The number of sulfone groups is 2. The van der Waals surface area contributed by atoms with E-state index in [1.165, 1.54) is 59.1 Å². The molecule has 6 nitrogen and oxygen atoms in total. The Kier molecular flexibility index (Phi) is 13.6. The van der Waals surface area contributed by atoms with Gasteiger partial charge in [0.15, 0.2) is 31.2 Å². The molecule has 0 spiro atoms. The van der Waals surface area contributed by atoms with Crippen LogP contribution in [-0.2, 0) is 29.3 Å². The lowest BCUT2D eigenvalue weighted by molar-refractivity contribution is -0.116. The summed E-state index contributed by atoms with van der Waals surface area (Å²) in [7, 11) is -6.25. The van der Waals surface area contributed by atoms with Crippen molar-refractivity contribution in [3.8, 4) is 0 Å². The number of allylic oxidation sites excluding steroid dienone is 6. The van der Waals surface area contributed by atoms with Crippen LogP contribution < -0.4 is 0 Å². The van der Waals surface area contributed by atoms with Crippen molar-refractivity contribution in [1.82, 2.24) is 0 Å². The maximum Gasteiger partial charge on any atom is 0.164 e. The minimum Gasteiger partial charge on any atom is -0.295 e. The van der Waals surface area contributed by atoms with E-state index in [9.17, 15) is 26.4 Å². The molecule has 10 rings (SSSR count). The van der Waals surface area contributed by atoms with Crippen molar-refractivity contribution in [3.63, 3.8) is 0 Å². The number of fused-ring (bicyclic) bond motifs is 2. The van der Waals surface area contributed by atoms with E-state index in [4.69, 9.17) is 0 Å². The van der Waals surface area contributed by atoms with Crippen LogP contribution in [0.4, 0.5) is 0 Å². The molecule has 0 N–H and O–H groups in total. The van der Waals surface area contributed by atoms with Crippen molar-refractivity contribution in [2.24, 2.45) is 81.8 Å². The second-order valence-corrected chi connectivity index (χ2v) is 29.2. The first-order chi connectivity index (χ1) is 31.2. The standard InChI is InChI=1S/2C29H42O3S/c2*1-18-14-20(3)24-17-33(31,32)28(23(24)15-18)16-22-6-5-13-29(4)25(10-11-26(22)29)19(2)7-12-27(30)21-8-9-21/h2*7,12,16,18-21,25-26,28H,5-6,8-11,13-15,17H2,1-4H3/b2*12-7+,22-16+/t18-,19+,20-,25-,26-,28+,29+;18-,19+,20-,25-,26-,28-,29+/m00/s1. The van der Waals surface area contributed by atoms with Crippen molar-refractivity contribution < 1.29 is 26.4 Å². The monoisotopic (exact) mass is 941 g/mol. The van der Waals surface area contributed by atoms with E-state index in [0.717, 1.165) is 89.9 Å². The molecule has 10 aliphatic rings. The third-order valence-electron chi connectivity index (χ3n) is 20.0. The fourth-order valence-corrected chi connectivity index (χ4v) is 20.6. The van der Waals surface area contributed by atoms with Crippen molar-refractivity contribution >= 4 is 31.2 Å². The summed E-state index contributed by atoms with van der Waals surface area (Å²) in [5.41, 5.74) is 8.21. The van der Waals surface area contributed by atoms with Gasteiger partial charge >= 0.3 is 0 Å². The van der Waals surface area contributed by atoms with E-state index in [2.05, 4.69) is 79.7 Å². The van der Waals surface area contributed by atoms with E-state index in [1.807, 2.05) is 12.2 Å². The van der Waals surface area contributed by atoms with Crippen molar-refractivity contribution in [1.29, 1.82) is 0 Å². The van der Waals surface area contributed by atoms with Gasteiger partial charge in [-0.15, -0.1) is 0 Å². The molecule has 8 aliphatic carbocycles. The Balaban J connectivity index is 0.000000166. The lowest BCUT2D eigenvalue weighted by Gasteiger charge is -2.44. The second-order valence-electron chi connectivity index (χ2n) is 24.9. The Hall–Kier alpha value is -2.32. The van der Waals surface area contributed by atoms with E-state index < -0.39 is 19.7 Å². The van der Waals surface area contributed by atoms with Gasteiger partial charge in [0.05, 0.1) is 11.5 Å². The maximum absolute atomic E-state index is 13.3. The summed E-state index contributed by atoms with van der Waals surface area (Å²) in [6.45, 7) is 18.5. The molecule has 0 unspecified atom stereocenters. The van der Waals surface area contributed by atoms with Crippen LogP contribution in [0.25, 0.3) is 0 Å². The van der Waals surface area contributed by atoms with E-state index >= 15 is 0 Å². The third-order valence-corrected chi connectivity index (χ3v) is 23.8. The highest BCUT2D eigenvalue weighted by atomic mass is 32.2. The molecule has 0 aromatic rings. The lowest BCUT2D eigenvalue weighted by Crippen LogP contribution is -2.36. The van der Waals surface area contributed by atoms with Crippen LogP contribution in [0.15, 0.2) is 69.9 Å². The smallest absolute Gasteiger partial charge is 0.164 e. The van der Waals surface area contributed by atoms with Crippen LogP contribution in [0, 0.1) is 81.8 Å². The molecule has 0 radical (unpaired) electrons. The highest BCUT2D eigenvalue weighted by Crippen LogP contribution is 2.62. The maximum atomic E-state index is 13.3. The van der Waals surface area contributed by atoms with Crippen LogP contribution in [0.3, 0.4) is 0 Å². The van der Waals surface area contributed by atoms with Gasteiger partial charge in [0, 0.05) is 11.8 Å². The first-order valence-corrected chi connectivity index (χ1v) is 30.3. The van der Waals surface area contributed by atoms with Gasteiger partial charge in [-0.3, -0.25) is 9.59 Å². The zero-order valence-corrected chi connectivity index (χ0v) is 43.6. The van der Waals surface area contributed by atoms with Gasteiger partial charge in [-0.05, 0) is 209 Å². The highest BCUT2D eigenvalue weighted by Gasteiger charge is 2.53. The fraction of sp³-hybridized carbons (Fsp3) is 0.759. The summed E-state index contributed by atoms with van der Waals surface area (Å²) >= 11 is 0. The van der Waals surface area contributed by atoms with Crippen molar-refractivity contribution in [2.45, 2.75) is 181 Å². The minimum atomic E-state index is -3.12. The predicted molar refractivity (Wildman–Crippen MR) is 269 cm³/mol. The molecule has 14 atom stereocenters. The molecule has 8 heteroatoms. The molecule has 0 bridgehead atoms. The van der Waals surface area contributed by atoms with E-state index in [-0.39, 0.29) is 32.8 Å². The van der Waals surface area contributed by atoms with Crippen LogP contribution in [0.5, 0.6) is 0 Å². The highest BCUT2D eigenvalue weighted by molar-refractivity contribution is 7.93. The quantitative estimate of drug-likeness (QED) is 0.160. The van der Waals surface area contributed by atoms with Gasteiger partial charge in [-0.1, -0.05) is 102 Å². The molecule has 0 aromatic heterocycles. The van der Waals surface area contributed by atoms with Gasteiger partial charge in [-0.25, -0.2) is 16.8 Å². The zero-order valence-electron chi connectivity index (χ0n) is 42.0. The van der Waals surface area contributed by atoms with Crippen LogP contribution in [0.1, 0.15) is 171 Å². The lowest BCUT2D eigenvalue weighted by atomic mass is 9.61. The summed E-state index contributed by atoms with van der Waals surface area (Å²) in [4.78, 5) is 24.4. The summed E-state index contributed by atoms with van der Waals surface area (Å²) in [5.74, 6) is 6.65. The largest absolute Gasteiger partial charge is 0.295 e. The van der Waals surface area contributed by atoms with Crippen LogP contribution in [0.2, 0.25) is 0 Å². The second kappa shape index (κ2) is 18.5. The van der Waals surface area contributed by atoms with Crippen LogP contribution in [-0.4, -0.2) is 50.4 Å². The minimum absolute atomic E-state index is 0.212. The Bertz CT molecular complexity index is 2190. The number of carbonyl (C=O) groups is 2. The SMILES string of the molecule is C[C@@H]1CC2=C(CS(=O)(=O)[C@@H]2/C=C2\CCC[C@@]3(C)[C@H]2CC[C@H]3[C@H](C)/C=C/C(=O)C2CC2)[C@@H](C)C1.C[C@@H]1CC2=C(CS(=O)(=O)[C@H]2/C=C2\CCC[C@@]3(C)[C@H]2CC[C@H]3[C@H](C)/C=C/C(=O)C2CC2)[C@@H](C)C1. The predicted octanol–water partition coefficient (Wildman–Crippen LogP) is 12.9. The van der Waals surface area contributed by atoms with E-state index in [0.29, 0.717) is 82.6 Å². The molecule has 66 heavy (non-hydrogen) atoms. The van der Waals surface area contributed by atoms with Crippen LogP contribution >= 0.6 is 0 Å². The van der Waals surface area contributed by atoms with Gasteiger partial charge in [0.1, 0.15) is 10.5 Å². The Morgan fingerprint density at radius 1 is 0.561 bits per heavy atom. The molecule has 2 aliphatic heterocycles. The summed E-state index contributed by atoms with van der Waals surface area (Å²) in [6.07, 6.45) is 32.5. The molecule has 6 fully saturated rings. The number of carbonyl (C=O) groups excluding carboxylic acids is 2. The molecule has 0 amide bonds. The van der Waals surface area contributed by atoms with Crippen molar-refractivity contribution in [3.05, 3.63) is 69.9 Å². The Morgan fingerprint density at radius 3 is 1.30 bits per heavy atom. The third kappa shape index (κ3) is 9.37. The topological polar surface area (TPSA) is 102 Å². The molecule has 6 saturated carbocycles. The summed E-state index contributed by atoms with van der Waals surface area (Å²) in [6, 6.07) is 0. The number of ketones is 2. The van der Waals surface area contributed by atoms with Gasteiger partial charge < -0.3 is 0 Å². The Morgan fingerprint density at radius 2 is 0.939 bits per heavy atom. The number of rotatable bonds is 10. The average molecular weight is 941 g/mol. The van der Waals surface area contributed by atoms with Crippen molar-refractivity contribution in [2.75, 3.05) is 11.5 Å². The molecule has 364 valence electrons. The number of hydrogen-bond acceptors (Lipinski definition) is 6. The average Bonchev–Trinajstić information content (AvgIpc) is 4.17. The molecular formula is C58H84O6S2. The number of hydrogen-bond donors (Lipinski definition) is 0. The first kappa shape index (κ1) is 48.7. The van der Waals surface area contributed by atoms with Gasteiger partial charge in [0.2, 0.25) is 0 Å². The first-order valence-electron chi connectivity index (χ1n) is 26.9.